The lowest BCUT2D eigenvalue weighted by atomic mass is 9.95. The molecule has 6 nitrogen and oxygen atoms in total. The minimum absolute atomic E-state index is 0.0529. The highest BCUT2D eigenvalue weighted by atomic mass is 16.1. The zero-order chi connectivity index (χ0) is 17.4. The highest BCUT2D eigenvalue weighted by Crippen LogP contribution is 2.30. The number of hydrogen-bond acceptors (Lipinski definition) is 5. The average molecular weight is 343 g/mol. The molecule has 2 saturated heterocycles. The normalized spacial score (nSPS) is 26.3. The molecule has 1 aromatic rings. The molecule has 6 heteroatoms. The first kappa shape index (κ1) is 16.8. The van der Waals surface area contributed by atoms with Gasteiger partial charge in [0.15, 0.2) is 0 Å². The van der Waals surface area contributed by atoms with Crippen LogP contribution in [0.25, 0.3) is 0 Å². The third-order valence-corrected chi connectivity index (χ3v) is 5.68. The van der Waals surface area contributed by atoms with Crippen LogP contribution in [0.2, 0.25) is 0 Å². The average Bonchev–Trinajstić information content (AvgIpc) is 3.05. The monoisotopic (exact) mass is 343 g/mol. The third kappa shape index (κ3) is 3.36. The molecule has 136 valence electrons. The topological polar surface area (TPSA) is 70.2 Å². The second-order valence-corrected chi connectivity index (χ2v) is 8.06. The smallest absolute Gasteiger partial charge is 0.270 e. The molecule has 1 amide bonds. The fourth-order valence-corrected chi connectivity index (χ4v) is 4.55. The maximum absolute atomic E-state index is 12.3. The molecular weight excluding hydrogens is 314 g/mol. The van der Waals surface area contributed by atoms with Gasteiger partial charge in [0.25, 0.3) is 5.91 Å². The molecule has 25 heavy (non-hydrogen) atoms. The largest absolute Gasteiger partial charge is 0.365 e. The molecule has 0 radical (unpaired) electrons. The van der Waals surface area contributed by atoms with E-state index in [4.69, 9.17) is 4.98 Å². The summed E-state index contributed by atoms with van der Waals surface area (Å²) >= 11 is 0. The van der Waals surface area contributed by atoms with Crippen molar-refractivity contribution >= 4 is 11.7 Å². The number of carbonyl (C=O) groups is 1. The summed E-state index contributed by atoms with van der Waals surface area (Å²) in [5, 5.41) is 6.66. The van der Waals surface area contributed by atoms with Crippen LogP contribution in [0.15, 0.2) is 0 Å². The van der Waals surface area contributed by atoms with Gasteiger partial charge in [-0.05, 0) is 51.1 Å². The summed E-state index contributed by atoms with van der Waals surface area (Å²) in [7, 11) is 0. The Labute approximate surface area is 149 Å². The van der Waals surface area contributed by atoms with Crippen LogP contribution >= 0.6 is 0 Å². The Hall–Kier alpha value is -1.69. The summed E-state index contributed by atoms with van der Waals surface area (Å²) in [5.41, 5.74) is 1.59. The minimum atomic E-state index is -0.0529. The van der Waals surface area contributed by atoms with E-state index in [-0.39, 0.29) is 5.91 Å². The number of amides is 1. The molecule has 4 heterocycles. The lowest BCUT2D eigenvalue weighted by Gasteiger charge is -2.38. The zero-order valence-electron chi connectivity index (χ0n) is 15.3. The van der Waals surface area contributed by atoms with Crippen LogP contribution in [0.5, 0.6) is 0 Å². The predicted octanol–water partition coefficient (Wildman–Crippen LogP) is 2.00. The molecule has 3 aliphatic heterocycles. The third-order valence-electron chi connectivity index (χ3n) is 5.68. The first-order valence-corrected chi connectivity index (χ1v) is 9.80. The number of carbonyl (C=O) groups excluding carboxylic acids is 1. The summed E-state index contributed by atoms with van der Waals surface area (Å²) in [6.07, 6.45) is 6.60. The number of hydrogen-bond donors (Lipinski definition) is 2. The number of rotatable bonds is 4. The number of nitrogens with one attached hydrogen (secondary N) is 2. The molecule has 0 bridgehead atoms. The molecule has 2 fully saturated rings. The van der Waals surface area contributed by atoms with E-state index in [1.807, 2.05) is 0 Å². The van der Waals surface area contributed by atoms with Crippen molar-refractivity contribution in [3.8, 4) is 0 Å². The second kappa shape index (κ2) is 6.90. The first-order valence-electron chi connectivity index (χ1n) is 9.80. The van der Waals surface area contributed by atoms with Crippen LogP contribution in [0.4, 0.5) is 5.82 Å². The Morgan fingerprint density at radius 3 is 2.84 bits per heavy atom. The van der Waals surface area contributed by atoms with Crippen LogP contribution in [0, 0.1) is 5.92 Å². The van der Waals surface area contributed by atoms with Crippen LogP contribution in [-0.4, -0.2) is 52.5 Å². The van der Waals surface area contributed by atoms with E-state index in [2.05, 4.69) is 34.4 Å². The number of piperidine rings is 1. The van der Waals surface area contributed by atoms with Crippen LogP contribution in [-0.2, 0) is 12.8 Å². The standard InChI is InChI=1S/C19H29N5O/c1-12(2)11-16-22-17-13(7-8-20-19(17)25)18(23-16)21-14-5-3-9-24-10-4-6-15(14)24/h12,14-15H,3-11H2,1-2H3,(H,20,25)(H,21,22,23)/t14-,15-/m0/s1. The SMILES string of the molecule is CC(C)Cc1nc(N[C@H]2CCCN3CCC[C@@H]23)c2c(n1)C(=O)NCC2. The maximum atomic E-state index is 12.3. The number of fused-ring (bicyclic) bond motifs is 2. The second-order valence-electron chi connectivity index (χ2n) is 8.06. The lowest BCUT2D eigenvalue weighted by molar-refractivity contribution is 0.0940. The molecule has 0 aromatic carbocycles. The van der Waals surface area contributed by atoms with Crippen molar-refractivity contribution < 1.29 is 4.79 Å². The van der Waals surface area contributed by atoms with Gasteiger partial charge in [0.1, 0.15) is 17.3 Å². The van der Waals surface area contributed by atoms with Gasteiger partial charge < -0.3 is 10.6 Å². The molecule has 4 rings (SSSR count). The molecule has 2 atom stereocenters. The van der Waals surface area contributed by atoms with Gasteiger partial charge in [-0.15, -0.1) is 0 Å². The van der Waals surface area contributed by atoms with Crippen molar-refractivity contribution in [3.63, 3.8) is 0 Å². The van der Waals surface area contributed by atoms with Gasteiger partial charge >= 0.3 is 0 Å². The van der Waals surface area contributed by atoms with Crippen LogP contribution < -0.4 is 10.6 Å². The van der Waals surface area contributed by atoms with Crippen molar-refractivity contribution in [2.24, 2.45) is 5.92 Å². The van der Waals surface area contributed by atoms with E-state index in [0.717, 1.165) is 30.0 Å². The molecule has 0 saturated carbocycles. The summed E-state index contributed by atoms with van der Waals surface area (Å²) in [4.78, 5) is 24.4. The van der Waals surface area contributed by atoms with Gasteiger partial charge in [-0.1, -0.05) is 13.8 Å². The number of aromatic nitrogens is 2. The molecule has 1 aromatic heterocycles. The fraction of sp³-hybridized carbons (Fsp3) is 0.737. The highest BCUT2D eigenvalue weighted by molar-refractivity contribution is 5.96. The van der Waals surface area contributed by atoms with Gasteiger partial charge in [0, 0.05) is 30.6 Å². The first-order chi connectivity index (χ1) is 12.1. The van der Waals surface area contributed by atoms with Gasteiger partial charge in [-0.2, -0.15) is 0 Å². The number of nitrogens with zero attached hydrogens (tertiary/aromatic N) is 3. The Kier molecular flexibility index (Phi) is 4.63. The lowest BCUT2D eigenvalue weighted by Crippen LogP contribution is -2.48. The van der Waals surface area contributed by atoms with E-state index >= 15 is 0 Å². The molecule has 0 spiro atoms. The Morgan fingerprint density at radius 2 is 2.04 bits per heavy atom. The van der Waals surface area contributed by atoms with E-state index in [1.54, 1.807) is 0 Å². The Bertz CT molecular complexity index is 659. The molecule has 0 unspecified atom stereocenters. The van der Waals surface area contributed by atoms with Crippen LogP contribution in [0.1, 0.15) is 61.4 Å². The quantitative estimate of drug-likeness (QED) is 0.875. The van der Waals surface area contributed by atoms with Gasteiger partial charge in [0.2, 0.25) is 0 Å². The molecule has 2 N–H and O–H groups in total. The Morgan fingerprint density at radius 1 is 1.24 bits per heavy atom. The van der Waals surface area contributed by atoms with Crippen molar-refractivity contribution in [2.45, 2.75) is 64.5 Å². The fourth-order valence-electron chi connectivity index (χ4n) is 4.55. The van der Waals surface area contributed by atoms with Crippen molar-refractivity contribution in [1.82, 2.24) is 20.2 Å². The minimum Gasteiger partial charge on any atom is -0.365 e. The summed E-state index contributed by atoms with van der Waals surface area (Å²) in [6, 6.07) is 1.05. The van der Waals surface area contributed by atoms with E-state index in [0.29, 0.717) is 30.2 Å². The summed E-state index contributed by atoms with van der Waals surface area (Å²) in [5.74, 6) is 2.11. The highest BCUT2D eigenvalue weighted by Gasteiger charge is 2.35. The van der Waals surface area contributed by atoms with E-state index < -0.39 is 0 Å². The van der Waals surface area contributed by atoms with E-state index in [1.165, 1.54) is 38.8 Å². The zero-order valence-corrected chi connectivity index (χ0v) is 15.3. The van der Waals surface area contributed by atoms with E-state index in [9.17, 15) is 4.79 Å². The molecule has 3 aliphatic rings. The predicted molar refractivity (Wildman–Crippen MR) is 97.9 cm³/mol. The Balaban J connectivity index is 1.65. The maximum Gasteiger partial charge on any atom is 0.270 e. The molecular formula is C19H29N5O. The summed E-state index contributed by atoms with van der Waals surface area (Å²) < 4.78 is 0. The summed E-state index contributed by atoms with van der Waals surface area (Å²) in [6.45, 7) is 7.45. The van der Waals surface area contributed by atoms with Gasteiger partial charge in [-0.25, -0.2) is 9.97 Å². The van der Waals surface area contributed by atoms with Crippen molar-refractivity contribution in [2.75, 3.05) is 25.0 Å². The van der Waals surface area contributed by atoms with Crippen molar-refractivity contribution in [1.29, 1.82) is 0 Å². The van der Waals surface area contributed by atoms with Gasteiger partial charge in [-0.3, -0.25) is 9.69 Å². The molecule has 0 aliphatic carbocycles. The number of anilines is 1. The van der Waals surface area contributed by atoms with Crippen molar-refractivity contribution in [3.05, 3.63) is 17.1 Å². The van der Waals surface area contributed by atoms with Gasteiger partial charge in [0.05, 0.1) is 0 Å². The van der Waals surface area contributed by atoms with Crippen LogP contribution in [0.3, 0.4) is 0 Å².